The van der Waals surface area contributed by atoms with Gasteiger partial charge in [0.1, 0.15) is 0 Å². The molecule has 0 atom stereocenters. The molecule has 0 heterocycles. The number of carbonyl (C=O) groups is 1. The fourth-order valence-corrected chi connectivity index (χ4v) is 3.10. The third-order valence-corrected chi connectivity index (χ3v) is 4.92. The Morgan fingerprint density at radius 1 is 1.04 bits per heavy atom. The Morgan fingerprint density at radius 2 is 1.82 bits per heavy atom. The van der Waals surface area contributed by atoms with E-state index in [0.717, 1.165) is 17.8 Å². The summed E-state index contributed by atoms with van der Waals surface area (Å²) >= 11 is 1.73. The molecule has 142 valence electrons. The van der Waals surface area contributed by atoms with Gasteiger partial charge in [-0.2, -0.15) is 0 Å². The normalized spacial score (nSPS) is 10.8. The van der Waals surface area contributed by atoms with Crippen LogP contribution in [0.3, 0.4) is 0 Å². The van der Waals surface area contributed by atoms with Crippen molar-refractivity contribution in [1.29, 1.82) is 0 Å². The van der Waals surface area contributed by atoms with Crippen molar-refractivity contribution in [2.24, 2.45) is 0 Å². The summed E-state index contributed by atoms with van der Waals surface area (Å²) < 4.78 is 0. The minimum absolute atomic E-state index is 0.211. The van der Waals surface area contributed by atoms with E-state index in [9.17, 15) is 4.79 Å². The van der Waals surface area contributed by atoms with Gasteiger partial charge in [-0.3, -0.25) is 4.79 Å². The van der Waals surface area contributed by atoms with E-state index in [0.29, 0.717) is 11.4 Å². The standard InChI is InChI=1S/C23H23N3OS/c1-28-20-6-4-5-19(15-20)25-16-18-11-9-17(10-12-18)13-14-23(27)26-22-8-3-2-7-21(22)24/h2-15,25H,16,24H2,1H3,(H,26,27)/b14-13-. The van der Waals surface area contributed by atoms with Crippen LogP contribution >= 0.6 is 11.8 Å². The molecule has 4 nitrogen and oxygen atoms in total. The summed E-state index contributed by atoms with van der Waals surface area (Å²) in [5, 5.41) is 6.21. The molecule has 0 bridgehead atoms. The number of para-hydroxylation sites is 2. The molecule has 0 unspecified atom stereocenters. The molecule has 0 aliphatic heterocycles. The second-order valence-electron chi connectivity index (χ2n) is 6.24. The molecule has 5 heteroatoms. The van der Waals surface area contributed by atoms with Crippen LogP contribution in [0.2, 0.25) is 0 Å². The summed E-state index contributed by atoms with van der Waals surface area (Å²) in [6.45, 7) is 0.746. The van der Waals surface area contributed by atoms with E-state index in [1.54, 1.807) is 30.0 Å². The molecule has 3 aromatic rings. The van der Waals surface area contributed by atoms with Gasteiger partial charge in [-0.25, -0.2) is 0 Å². The summed E-state index contributed by atoms with van der Waals surface area (Å²) in [4.78, 5) is 13.3. The van der Waals surface area contributed by atoms with Crippen LogP contribution in [-0.4, -0.2) is 12.2 Å². The Bertz CT molecular complexity index is 968. The number of hydrogen-bond acceptors (Lipinski definition) is 4. The predicted octanol–water partition coefficient (Wildman–Crippen LogP) is 5.25. The van der Waals surface area contributed by atoms with Crippen molar-refractivity contribution < 1.29 is 4.79 Å². The first kappa shape index (κ1) is 19.6. The van der Waals surface area contributed by atoms with Gasteiger partial charge in [-0.05, 0) is 53.8 Å². The molecule has 3 rings (SSSR count). The molecule has 0 saturated carbocycles. The van der Waals surface area contributed by atoms with E-state index in [2.05, 4.69) is 53.3 Å². The van der Waals surface area contributed by atoms with Crippen LogP contribution in [-0.2, 0) is 11.3 Å². The van der Waals surface area contributed by atoms with Crippen LogP contribution in [0, 0.1) is 0 Å². The van der Waals surface area contributed by atoms with E-state index >= 15 is 0 Å². The Hall–Kier alpha value is -3.18. The molecule has 0 aliphatic rings. The average Bonchev–Trinajstić information content (AvgIpc) is 2.73. The van der Waals surface area contributed by atoms with Crippen LogP contribution in [0.4, 0.5) is 17.1 Å². The lowest BCUT2D eigenvalue weighted by Crippen LogP contribution is -2.09. The van der Waals surface area contributed by atoms with Gasteiger partial charge >= 0.3 is 0 Å². The van der Waals surface area contributed by atoms with Crippen molar-refractivity contribution in [1.82, 2.24) is 0 Å². The number of nitrogen functional groups attached to an aromatic ring is 1. The largest absolute Gasteiger partial charge is 0.397 e. The van der Waals surface area contributed by atoms with Crippen molar-refractivity contribution in [3.8, 4) is 0 Å². The van der Waals surface area contributed by atoms with E-state index in [-0.39, 0.29) is 5.91 Å². The molecule has 0 spiro atoms. The van der Waals surface area contributed by atoms with E-state index in [1.807, 2.05) is 24.3 Å². The topological polar surface area (TPSA) is 67.2 Å². The quantitative estimate of drug-likeness (QED) is 0.293. The minimum atomic E-state index is -0.211. The van der Waals surface area contributed by atoms with E-state index < -0.39 is 0 Å². The van der Waals surface area contributed by atoms with Gasteiger partial charge < -0.3 is 16.4 Å². The zero-order valence-electron chi connectivity index (χ0n) is 15.7. The SMILES string of the molecule is CSc1cccc(NCc2ccc(/C=C\C(=O)Nc3ccccc3N)cc2)c1. The van der Waals surface area contributed by atoms with Crippen molar-refractivity contribution in [3.63, 3.8) is 0 Å². The van der Waals surface area contributed by atoms with Gasteiger partial charge in [0.2, 0.25) is 5.91 Å². The molecule has 0 radical (unpaired) electrons. The molecular weight excluding hydrogens is 366 g/mol. The van der Waals surface area contributed by atoms with Crippen LogP contribution in [0.25, 0.3) is 6.08 Å². The van der Waals surface area contributed by atoms with Crippen LogP contribution < -0.4 is 16.4 Å². The summed E-state index contributed by atoms with van der Waals surface area (Å²) in [5.41, 5.74) is 10.2. The monoisotopic (exact) mass is 389 g/mol. The van der Waals surface area contributed by atoms with Gasteiger partial charge in [-0.1, -0.05) is 42.5 Å². The lowest BCUT2D eigenvalue weighted by molar-refractivity contribution is -0.111. The Labute approximate surface area is 169 Å². The molecular formula is C23H23N3OS. The molecule has 3 aromatic carbocycles. The van der Waals surface area contributed by atoms with E-state index in [4.69, 9.17) is 5.73 Å². The van der Waals surface area contributed by atoms with Crippen molar-refractivity contribution >= 4 is 40.8 Å². The van der Waals surface area contributed by atoms with E-state index in [1.165, 1.54) is 16.5 Å². The number of rotatable bonds is 7. The smallest absolute Gasteiger partial charge is 0.248 e. The fourth-order valence-electron chi connectivity index (χ4n) is 2.64. The maximum absolute atomic E-state index is 12.1. The fraction of sp³-hybridized carbons (Fsp3) is 0.0870. The lowest BCUT2D eigenvalue weighted by atomic mass is 10.1. The molecule has 0 fully saturated rings. The molecule has 4 N–H and O–H groups in total. The highest BCUT2D eigenvalue weighted by molar-refractivity contribution is 7.98. The first-order valence-corrected chi connectivity index (χ1v) is 10.2. The Balaban J connectivity index is 1.54. The van der Waals surface area contributed by atoms with Crippen LogP contribution in [0.15, 0.2) is 83.8 Å². The highest BCUT2D eigenvalue weighted by Gasteiger charge is 2.01. The number of nitrogens with two attached hydrogens (primary N) is 1. The summed E-state index contributed by atoms with van der Waals surface area (Å²) in [6.07, 6.45) is 5.36. The van der Waals surface area contributed by atoms with Crippen LogP contribution in [0.1, 0.15) is 11.1 Å². The average molecular weight is 390 g/mol. The first-order valence-electron chi connectivity index (χ1n) is 8.94. The van der Waals surface area contributed by atoms with Gasteiger partial charge in [0, 0.05) is 23.2 Å². The predicted molar refractivity (Wildman–Crippen MR) is 121 cm³/mol. The number of carbonyl (C=O) groups excluding carboxylic acids is 1. The van der Waals surface area contributed by atoms with Gasteiger partial charge in [0.05, 0.1) is 11.4 Å². The lowest BCUT2D eigenvalue weighted by Gasteiger charge is -2.08. The molecule has 0 saturated heterocycles. The van der Waals surface area contributed by atoms with Crippen molar-refractivity contribution in [3.05, 3.63) is 90.0 Å². The molecule has 28 heavy (non-hydrogen) atoms. The van der Waals surface area contributed by atoms with Crippen LogP contribution in [0.5, 0.6) is 0 Å². The highest BCUT2D eigenvalue weighted by Crippen LogP contribution is 2.20. The second kappa shape index (κ2) is 9.67. The number of hydrogen-bond donors (Lipinski definition) is 3. The zero-order valence-corrected chi connectivity index (χ0v) is 16.5. The molecule has 1 amide bonds. The van der Waals surface area contributed by atoms with Gasteiger partial charge in [-0.15, -0.1) is 11.8 Å². The third-order valence-electron chi connectivity index (χ3n) is 4.19. The summed E-state index contributed by atoms with van der Waals surface area (Å²) in [6, 6.07) is 23.6. The maximum Gasteiger partial charge on any atom is 0.248 e. The summed E-state index contributed by atoms with van der Waals surface area (Å²) in [7, 11) is 0. The Morgan fingerprint density at radius 3 is 2.57 bits per heavy atom. The summed E-state index contributed by atoms with van der Waals surface area (Å²) in [5.74, 6) is -0.211. The maximum atomic E-state index is 12.1. The third kappa shape index (κ3) is 5.66. The number of nitrogens with one attached hydrogen (secondary N) is 2. The molecule has 0 aliphatic carbocycles. The number of anilines is 3. The number of amides is 1. The Kier molecular flexibility index (Phi) is 6.76. The highest BCUT2D eigenvalue weighted by atomic mass is 32.2. The van der Waals surface area contributed by atoms with Crippen molar-refractivity contribution in [2.75, 3.05) is 22.6 Å². The zero-order chi connectivity index (χ0) is 19.8. The first-order chi connectivity index (χ1) is 13.6. The molecule has 0 aromatic heterocycles. The number of thioether (sulfide) groups is 1. The number of benzene rings is 3. The minimum Gasteiger partial charge on any atom is -0.397 e. The van der Waals surface area contributed by atoms with Gasteiger partial charge in [0.15, 0.2) is 0 Å². The van der Waals surface area contributed by atoms with Gasteiger partial charge in [0.25, 0.3) is 0 Å². The van der Waals surface area contributed by atoms with Crippen molar-refractivity contribution in [2.45, 2.75) is 11.4 Å². The second-order valence-corrected chi connectivity index (χ2v) is 7.12.